The van der Waals surface area contributed by atoms with Gasteiger partial charge in [0.15, 0.2) is 0 Å². The fourth-order valence-electron chi connectivity index (χ4n) is 4.30. The fraction of sp³-hybridized carbons (Fsp3) is 0.250. The SMILES string of the molecule is Cc1ccc([C@H](C(N)=O)N(C(=O)c2cccnc2C)[C@@H]2CCc3c(F)cc(Cl)cc32)cn1. The first kappa shape index (κ1) is 21.9. The number of nitrogens with zero attached hydrogens (tertiary/aromatic N) is 3. The van der Waals surface area contributed by atoms with Gasteiger partial charge in [0.1, 0.15) is 11.9 Å². The van der Waals surface area contributed by atoms with E-state index in [2.05, 4.69) is 9.97 Å². The molecule has 2 amide bonds. The topological polar surface area (TPSA) is 89.2 Å². The lowest BCUT2D eigenvalue weighted by Gasteiger charge is -2.36. The van der Waals surface area contributed by atoms with Crippen LogP contribution in [0.1, 0.15) is 56.9 Å². The molecular formula is C24H22ClFN4O2. The lowest BCUT2D eigenvalue weighted by molar-refractivity contribution is -0.123. The first-order valence-corrected chi connectivity index (χ1v) is 10.6. The molecule has 4 rings (SSSR count). The van der Waals surface area contributed by atoms with E-state index in [4.69, 9.17) is 17.3 Å². The average molecular weight is 453 g/mol. The Bertz CT molecular complexity index is 1200. The summed E-state index contributed by atoms with van der Waals surface area (Å²) in [5.41, 5.74) is 9.01. The second-order valence-corrected chi connectivity index (χ2v) is 8.33. The van der Waals surface area contributed by atoms with E-state index < -0.39 is 29.7 Å². The van der Waals surface area contributed by atoms with Gasteiger partial charge in [-0.3, -0.25) is 19.6 Å². The number of hydrogen-bond donors (Lipinski definition) is 1. The van der Waals surface area contributed by atoms with Crippen LogP contribution in [0.3, 0.4) is 0 Å². The highest BCUT2D eigenvalue weighted by molar-refractivity contribution is 6.30. The molecule has 1 aromatic carbocycles. The Hall–Kier alpha value is -3.32. The Morgan fingerprint density at radius 3 is 2.66 bits per heavy atom. The van der Waals surface area contributed by atoms with Crippen LogP contribution in [0.4, 0.5) is 4.39 Å². The minimum atomic E-state index is -1.10. The molecule has 0 unspecified atom stereocenters. The van der Waals surface area contributed by atoms with Crippen molar-refractivity contribution in [2.75, 3.05) is 0 Å². The van der Waals surface area contributed by atoms with Gasteiger partial charge in [-0.2, -0.15) is 0 Å². The zero-order valence-electron chi connectivity index (χ0n) is 17.7. The van der Waals surface area contributed by atoms with Gasteiger partial charge in [-0.15, -0.1) is 0 Å². The number of carbonyl (C=O) groups is 2. The third-order valence-electron chi connectivity index (χ3n) is 5.83. The molecule has 6 nitrogen and oxygen atoms in total. The van der Waals surface area contributed by atoms with Crippen LogP contribution in [-0.2, 0) is 11.2 Å². The van der Waals surface area contributed by atoms with Gasteiger partial charge < -0.3 is 10.6 Å². The van der Waals surface area contributed by atoms with Crippen LogP contribution in [0.2, 0.25) is 5.02 Å². The second kappa shape index (κ2) is 8.67. The summed E-state index contributed by atoms with van der Waals surface area (Å²) in [4.78, 5) is 36.5. The van der Waals surface area contributed by atoms with Gasteiger partial charge in [0, 0.05) is 34.4 Å². The van der Waals surface area contributed by atoms with Crippen LogP contribution in [0.5, 0.6) is 0 Å². The number of aromatic nitrogens is 2. The van der Waals surface area contributed by atoms with Gasteiger partial charge in [0.05, 0.1) is 11.6 Å². The van der Waals surface area contributed by atoms with Gasteiger partial charge >= 0.3 is 0 Å². The van der Waals surface area contributed by atoms with Crippen LogP contribution >= 0.6 is 11.6 Å². The average Bonchev–Trinajstić information content (AvgIpc) is 3.16. The van der Waals surface area contributed by atoms with Crippen LogP contribution < -0.4 is 5.73 Å². The van der Waals surface area contributed by atoms with Crippen molar-refractivity contribution in [3.8, 4) is 0 Å². The normalized spacial score (nSPS) is 15.8. The van der Waals surface area contributed by atoms with Crippen molar-refractivity contribution < 1.29 is 14.0 Å². The third-order valence-corrected chi connectivity index (χ3v) is 6.05. The number of primary amides is 1. The van der Waals surface area contributed by atoms with E-state index in [9.17, 15) is 14.0 Å². The summed E-state index contributed by atoms with van der Waals surface area (Å²) in [6, 6.07) is 8.00. The molecule has 8 heteroatoms. The highest BCUT2D eigenvalue weighted by atomic mass is 35.5. The largest absolute Gasteiger partial charge is 0.368 e. The fourth-order valence-corrected chi connectivity index (χ4v) is 4.51. The maximum atomic E-state index is 14.6. The second-order valence-electron chi connectivity index (χ2n) is 7.90. The molecule has 2 atom stereocenters. The molecule has 0 bridgehead atoms. The molecule has 0 aliphatic heterocycles. The molecule has 2 heterocycles. The third kappa shape index (κ3) is 3.96. The number of benzene rings is 1. The molecule has 0 saturated carbocycles. The standard InChI is InChI=1S/C24H22ClFN4O2/c1-13-5-6-15(12-29-13)22(23(27)31)30(24(32)17-4-3-9-28-14(17)2)21-8-7-18-19(21)10-16(25)11-20(18)26/h3-6,9-12,21-22H,7-8H2,1-2H3,(H2,27,31)/t21-,22-/m1/s1. The Morgan fingerprint density at radius 2 is 2.00 bits per heavy atom. The number of hydrogen-bond acceptors (Lipinski definition) is 4. The smallest absolute Gasteiger partial charge is 0.257 e. The summed E-state index contributed by atoms with van der Waals surface area (Å²) in [6.07, 6.45) is 3.97. The molecule has 0 saturated heterocycles. The van der Waals surface area contributed by atoms with Crippen molar-refractivity contribution in [3.05, 3.63) is 93.3 Å². The minimum Gasteiger partial charge on any atom is -0.368 e. The summed E-state index contributed by atoms with van der Waals surface area (Å²) < 4.78 is 14.6. The Kier molecular flexibility index (Phi) is 5.93. The van der Waals surface area contributed by atoms with Crippen molar-refractivity contribution in [2.45, 2.75) is 38.8 Å². The Morgan fingerprint density at radius 1 is 1.22 bits per heavy atom. The van der Waals surface area contributed by atoms with E-state index in [-0.39, 0.29) is 5.02 Å². The molecule has 0 spiro atoms. The molecule has 2 aromatic heterocycles. The summed E-state index contributed by atoms with van der Waals surface area (Å²) in [6.45, 7) is 3.54. The first-order valence-electron chi connectivity index (χ1n) is 10.2. The van der Waals surface area contributed by atoms with E-state index in [1.807, 2.05) is 6.92 Å². The number of pyridine rings is 2. The summed E-state index contributed by atoms with van der Waals surface area (Å²) in [5, 5.41) is 0.228. The minimum absolute atomic E-state index is 0.228. The van der Waals surface area contributed by atoms with Crippen molar-refractivity contribution in [1.29, 1.82) is 0 Å². The number of rotatable bonds is 5. The van der Waals surface area contributed by atoms with Crippen molar-refractivity contribution in [3.63, 3.8) is 0 Å². The first-order chi connectivity index (χ1) is 15.3. The maximum absolute atomic E-state index is 14.6. The van der Waals surface area contributed by atoms with Gasteiger partial charge in [0.2, 0.25) is 5.91 Å². The molecule has 0 radical (unpaired) electrons. The van der Waals surface area contributed by atoms with E-state index in [0.717, 1.165) is 5.69 Å². The van der Waals surface area contributed by atoms with Crippen LogP contribution in [0.15, 0.2) is 48.8 Å². The summed E-state index contributed by atoms with van der Waals surface area (Å²) in [5.74, 6) is -1.55. The Balaban J connectivity index is 1.90. The zero-order valence-corrected chi connectivity index (χ0v) is 18.4. The van der Waals surface area contributed by atoms with E-state index in [1.54, 1.807) is 43.5 Å². The van der Waals surface area contributed by atoms with E-state index in [0.29, 0.717) is 40.8 Å². The van der Waals surface area contributed by atoms with E-state index in [1.165, 1.54) is 17.2 Å². The van der Waals surface area contributed by atoms with Gasteiger partial charge in [-0.05, 0) is 68.1 Å². The predicted octanol–water partition coefficient (Wildman–Crippen LogP) is 4.24. The van der Waals surface area contributed by atoms with Crippen molar-refractivity contribution in [2.24, 2.45) is 5.73 Å². The van der Waals surface area contributed by atoms with Crippen LogP contribution in [-0.4, -0.2) is 26.7 Å². The maximum Gasteiger partial charge on any atom is 0.257 e. The lowest BCUT2D eigenvalue weighted by Crippen LogP contribution is -2.43. The number of amides is 2. The highest BCUT2D eigenvalue weighted by Gasteiger charge is 2.40. The van der Waals surface area contributed by atoms with E-state index >= 15 is 0 Å². The number of nitrogens with two attached hydrogens (primary N) is 1. The molecule has 164 valence electrons. The highest BCUT2D eigenvalue weighted by Crippen LogP contribution is 2.43. The number of aryl methyl sites for hydroxylation is 2. The number of fused-ring (bicyclic) bond motifs is 1. The molecular weight excluding hydrogens is 431 g/mol. The summed E-state index contributed by atoms with van der Waals surface area (Å²) in [7, 11) is 0. The molecule has 1 aliphatic carbocycles. The number of carbonyl (C=O) groups excluding carboxylic acids is 2. The van der Waals surface area contributed by atoms with Crippen LogP contribution in [0.25, 0.3) is 0 Å². The summed E-state index contributed by atoms with van der Waals surface area (Å²) >= 11 is 6.14. The number of halogens is 2. The van der Waals surface area contributed by atoms with Gasteiger partial charge in [0.25, 0.3) is 5.91 Å². The molecule has 3 aromatic rings. The molecule has 0 fully saturated rings. The van der Waals surface area contributed by atoms with Crippen molar-refractivity contribution in [1.82, 2.24) is 14.9 Å². The van der Waals surface area contributed by atoms with Crippen molar-refractivity contribution >= 4 is 23.4 Å². The molecule has 1 aliphatic rings. The predicted molar refractivity (Wildman–Crippen MR) is 119 cm³/mol. The molecule has 32 heavy (non-hydrogen) atoms. The zero-order chi connectivity index (χ0) is 23.0. The quantitative estimate of drug-likeness (QED) is 0.627. The Labute approximate surface area is 190 Å². The van der Waals surface area contributed by atoms with Gasteiger partial charge in [-0.1, -0.05) is 17.7 Å². The van der Waals surface area contributed by atoms with Crippen LogP contribution in [0, 0.1) is 19.7 Å². The van der Waals surface area contributed by atoms with Gasteiger partial charge in [-0.25, -0.2) is 4.39 Å². The lowest BCUT2D eigenvalue weighted by atomic mass is 9.98. The molecule has 2 N–H and O–H groups in total. The monoisotopic (exact) mass is 452 g/mol.